The highest BCUT2D eigenvalue weighted by molar-refractivity contribution is 4.86. The number of hydrogen-bond acceptors (Lipinski definition) is 3. The zero-order valence-electron chi connectivity index (χ0n) is 11.8. The average Bonchev–Trinajstić information content (AvgIpc) is 3.14. The molecule has 0 aromatic carbocycles. The molecule has 1 heterocycles. The van der Waals surface area contributed by atoms with Gasteiger partial charge in [0, 0.05) is 19.1 Å². The first-order valence-electron chi connectivity index (χ1n) is 7.47. The van der Waals surface area contributed by atoms with Crippen molar-refractivity contribution in [1.29, 1.82) is 0 Å². The van der Waals surface area contributed by atoms with Gasteiger partial charge in [0.2, 0.25) is 0 Å². The van der Waals surface area contributed by atoms with Crippen LogP contribution in [0.25, 0.3) is 0 Å². The molecule has 0 spiro atoms. The summed E-state index contributed by atoms with van der Waals surface area (Å²) in [7, 11) is 0. The molecule has 1 aliphatic heterocycles. The van der Waals surface area contributed by atoms with Crippen molar-refractivity contribution in [1.82, 2.24) is 9.80 Å². The van der Waals surface area contributed by atoms with Crippen LogP contribution in [0.5, 0.6) is 0 Å². The second-order valence-corrected chi connectivity index (χ2v) is 6.21. The van der Waals surface area contributed by atoms with Crippen molar-refractivity contribution in [2.75, 3.05) is 32.7 Å². The molecule has 3 nitrogen and oxygen atoms in total. The summed E-state index contributed by atoms with van der Waals surface area (Å²) in [6, 6.07) is 0.282. The van der Waals surface area contributed by atoms with E-state index < -0.39 is 12.5 Å². The van der Waals surface area contributed by atoms with Crippen molar-refractivity contribution in [2.45, 2.75) is 51.2 Å². The van der Waals surface area contributed by atoms with Gasteiger partial charge in [-0.2, -0.15) is 0 Å². The number of β-amino-alcohol motifs (C(OH)–C–C–N with tert-alkyl or cyclic N) is 1. The summed E-state index contributed by atoms with van der Waals surface area (Å²) in [6.45, 7) is 5.12. The van der Waals surface area contributed by atoms with Gasteiger partial charge in [0.25, 0.3) is 6.43 Å². The summed E-state index contributed by atoms with van der Waals surface area (Å²) < 4.78 is 25.0. The molecule has 2 rings (SSSR count). The Hall–Kier alpha value is -0.260. The number of likely N-dealkylation sites (tertiary alicyclic amines) is 1. The van der Waals surface area contributed by atoms with Crippen molar-refractivity contribution in [3.63, 3.8) is 0 Å². The fourth-order valence-corrected chi connectivity index (χ4v) is 2.86. The molecule has 0 amide bonds. The molecular formula is C14H26F2N2O. The second kappa shape index (κ2) is 6.95. The molecule has 1 N–H and O–H groups in total. The van der Waals surface area contributed by atoms with Crippen LogP contribution in [0.3, 0.4) is 0 Å². The number of rotatable bonds is 7. The van der Waals surface area contributed by atoms with Gasteiger partial charge in [-0.3, -0.25) is 4.90 Å². The predicted octanol–water partition coefficient (Wildman–Crippen LogP) is 1.81. The molecule has 0 radical (unpaired) electrons. The lowest BCUT2D eigenvalue weighted by Crippen LogP contribution is -2.44. The van der Waals surface area contributed by atoms with E-state index in [0.29, 0.717) is 13.1 Å². The monoisotopic (exact) mass is 276 g/mol. The maximum atomic E-state index is 12.5. The Morgan fingerprint density at radius 2 is 1.79 bits per heavy atom. The Morgan fingerprint density at radius 1 is 1.16 bits per heavy atom. The fourth-order valence-electron chi connectivity index (χ4n) is 2.86. The Kier molecular flexibility index (Phi) is 5.54. The molecular weight excluding hydrogens is 250 g/mol. The summed E-state index contributed by atoms with van der Waals surface area (Å²) in [6.07, 6.45) is 1.55. The Bertz CT molecular complexity index is 266. The van der Waals surface area contributed by atoms with Gasteiger partial charge < -0.3 is 10.0 Å². The fraction of sp³-hybridized carbons (Fsp3) is 1.00. The summed E-state index contributed by atoms with van der Waals surface area (Å²) >= 11 is 0. The standard InChI is InChI=1S/C14H26F2N2O/c1-11-4-6-17(7-5-11)8-13(19)9-18(10-14(15)16)12-2-3-12/h11-14,19H,2-10H2,1H3. The molecule has 2 aliphatic rings. The molecule has 2 fully saturated rings. The topological polar surface area (TPSA) is 26.7 Å². The van der Waals surface area contributed by atoms with Crippen LogP contribution >= 0.6 is 0 Å². The van der Waals surface area contributed by atoms with Gasteiger partial charge in [-0.05, 0) is 44.7 Å². The zero-order chi connectivity index (χ0) is 13.8. The van der Waals surface area contributed by atoms with Crippen molar-refractivity contribution in [2.24, 2.45) is 5.92 Å². The molecule has 112 valence electrons. The van der Waals surface area contributed by atoms with Crippen molar-refractivity contribution >= 4 is 0 Å². The summed E-state index contributed by atoms with van der Waals surface area (Å²) in [5, 5.41) is 10.1. The van der Waals surface area contributed by atoms with Crippen LogP contribution in [0.4, 0.5) is 8.78 Å². The minimum Gasteiger partial charge on any atom is -0.390 e. The Labute approximate surface area is 114 Å². The van der Waals surface area contributed by atoms with E-state index in [0.717, 1.165) is 31.8 Å². The van der Waals surface area contributed by atoms with Gasteiger partial charge >= 0.3 is 0 Å². The van der Waals surface area contributed by atoms with E-state index in [4.69, 9.17) is 0 Å². The first kappa shape index (κ1) is 15.1. The van der Waals surface area contributed by atoms with E-state index in [1.807, 2.05) is 0 Å². The van der Waals surface area contributed by atoms with Gasteiger partial charge in [-0.25, -0.2) is 8.78 Å². The van der Waals surface area contributed by atoms with Gasteiger partial charge in [0.1, 0.15) is 0 Å². The van der Waals surface area contributed by atoms with Crippen LogP contribution in [0, 0.1) is 5.92 Å². The Balaban J connectivity index is 1.71. The number of hydrogen-bond donors (Lipinski definition) is 1. The first-order chi connectivity index (χ1) is 9.04. The second-order valence-electron chi connectivity index (χ2n) is 6.21. The van der Waals surface area contributed by atoms with Crippen LogP contribution in [0.15, 0.2) is 0 Å². The third-order valence-corrected chi connectivity index (χ3v) is 4.23. The molecule has 1 unspecified atom stereocenters. The summed E-state index contributed by atoms with van der Waals surface area (Å²) in [5.41, 5.74) is 0. The van der Waals surface area contributed by atoms with E-state index in [2.05, 4.69) is 11.8 Å². The molecule has 19 heavy (non-hydrogen) atoms. The van der Waals surface area contributed by atoms with Gasteiger partial charge in [-0.15, -0.1) is 0 Å². The third kappa shape index (κ3) is 5.32. The number of halogens is 2. The maximum absolute atomic E-state index is 12.5. The summed E-state index contributed by atoms with van der Waals surface area (Å²) in [4.78, 5) is 4.03. The van der Waals surface area contributed by atoms with Crippen LogP contribution in [-0.4, -0.2) is 66.2 Å². The highest BCUT2D eigenvalue weighted by atomic mass is 19.3. The van der Waals surface area contributed by atoms with Crippen molar-refractivity contribution in [3.05, 3.63) is 0 Å². The molecule has 0 aromatic heterocycles. The summed E-state index contributed by atoms with van der Waals surface area (Å²) in [5.74, 6) is 0.773. The molecule has 5 heteroatoms. The molecule has 1 aliphatic carbocycles. The number of nitrogens with zero attached hydrogens (tertiary/aromatic N) is 2. The van der Waals surface area contributed by atoms with Crippen LogP contribution in [0.2, 0.25) is 0 Å². The van der Waals surface area contributed by atoms with Gasteiger partial charge in [-0.1, -0.05) is 6.92 Å². The lowest BCUT2D eigenvalue weighted by molar-refractivity contribution is 0.0310. The highest BCUT2D eigenvalue weighted by Gasteiger charge is 2.32. The first-order valence-corrected chi connectivity index (χ1v) is 7.47. The molecule has 1 atom stereocenters. The van der Waals surface area contributed by atoms with E-state index in [9.17, 15) is 13.9 Å². The quantitative estimate of drug-likeness (QED) is 0.768. The molecule has 1 saturated heterocycles. The number of piperidine rings is 1. The van der Waals surface area contributed by atoms with Gasteiger partial charge in [0.05, 0.1) is 12.6 Å². The minimum absolute atomic E-state index is 0.196. The highest BCUT2D eigenvalue weighted by Crippen LogP contribution is 2.27. The SMILES string of the molecule is CC1CCN(CC(O)CN(CC(F)F)C2CC2)CC1. The van der Waals surface area contributed by atoms with E-state index in [1.54, 1.807) is 4.90 Å². The van der Waals surface area contributed by atoms with Gasteiger partial charge in [0.15, 0.2) is 0 Å². The largest absolute Gasteiger partial charge is 0.390 e. The smallest absolute Gasteiger partial charge is 0.251 e. The minimum atomic E-state index is -2.30. The molecule has 0 bridgehead atoms. The number of alkyl halides is 2. The molecule has 0 aromatic rings. The van der Waals surface area contributed by atoms with Crippen LogP contribution in [-0.2, 0) is 0 Å². The molecule has 1 saturated carbocycles. The van der Waals surface area contributed by atoms with Crippen molar-refractivity contribution in [3.8, 4) is 0 Å². The van der Waals surface area contributed by atoms with Crippen molar-refractivity contribution < 1.29 is 13.9 Å². The number of aliphatic hydroxyl groups excluding tert-OH is 1. The zero-order valence-corrected chi connectivity index (χ0v) is 11.8. The lowest BCUT2D eigenvalue weighted by Gasteiger charge is -2.33. The number of aliphatic hydroxyl groups is 1. The van der Waals surface area contributed by atoms with E-state index in [-0.39, 0.29) is 12.6 Å². The normalized spacial score (nSPS) is 24.3. The van der Waals surface area contributed by atoms with Crippen LogP contribution < -0.4 is 0 Å². The van der Waals surface area contributed by atoms with E-state index >= 15 is 0 Å². The predicted molar refractivity (Wildman–Crippen MR) is 71.4 cm³/mol. The Morgan fingerprint density at radius 3 is 2.32 bits per heavy atom. The lowest BCUT2D eigenvalue weighted by atomic mass is 9.99. The maximum Gasteiger partial charge on any atom is 0.251 e. The third-order valence-electron chi connectivity index (χ3n) is 4.23. The van der Waals surface area contributed by atoms with Crippen LogP contribution in [0.1, 0.15) is 32.6 Å². The average molecular weight is 276 g/mol. The van der Waals surface area contributed by atoms with E-state index in [1.165, 1.54) is 12.8 Å².